The van der Waals surface area contributed by atoms with Crippen LogP contribution in [0.25, 0.3) is 6.08 Å². The summed E-state index contributed by atoms with van der Waals surface area (Å²) in [7, 11) is 2.91. The average molecular weight is 487 g/mol. The molecule has 0 aliphatic carbocycles. The SMILES string of the molecule is COC(=O)C1=C(C)N[C@@H]2S/C(=C/c3cccs3)C(=O)N2[C@H]1c1ccc(OC(C)C)c(OC)c1. The minimum absolute atomic E-state index is 0.0257. The van der Waals surface area contributed by atoms with Crippen molar-refractivity contribution in [3.05, 3.63) is 62.3 Å². The van der Waals surface area contributed by atoms with Gasteiger partial charge >= 0.3 is 5.97 Å². The molecule has 9 heteroatoms. The van der Waals surface area contributed by atoms with Gasteiger partial charge in [-0.3, -0.25) is 9.69 Å². The van der Waals surface area contributed by atoms with Crippen LogP contribution in [0.2, 0.25) is 0 Å². The Bertz CT molecular complexity index is 1120. The molecule has 0 spiro atoms. The highest BCUT2D eigenvalue weighted by molar-refractivity contribution is 8.05. The largest absolute Gasteiger partial charge is 0.493 e. The van der Waals surface area contributed by atoms with Crippen LogP contribution in [0.1, 0.15) is 37.3 Å². The number of rotatable bonds is 6. The number of ether oxygens (including phenoxy) is 3. The second-order valence-electron chi connectivity index (χ2n) is 7.86. The van der Waals surface area contributed by atoms with Gasteiger partial charge in [-0.1, -0.05) is 23.9 Å². The fourth-order valence-electron chi connectivity index (χ4n) is 3.93. The molecular weight excluding hydrogens is 460 g/mol. The second-order valence-corrected chi connectivity index (χ2v) is 9.96. The summed E-state index contributed by atoms with van der Waals surface area (Å²) in [5, 5.41) is 5.27. The van der Waals surface area contributed by atoms with Gasteiger partial charge in [0.15, 0.2) is 17.0 Å². The van der Waals surface area contributed by atoms with E-state index >= 15 is 0 Å². The van der Waals surface area contributed by atoms with Crippen LogP contribution in [0.5, 0.6) is 11.5 Å². The van der Waals surface area contributed by atoms with E-state index in [0.717, 1.165) is 10.4 Å². The number of allylic oxidation sites excluding steroid dienone is 1. The lowest BCUT2D eigenvalue weighted by Crippen LogP contribution is -2.49. The van der Waals surface area contributed by atoms with Gasteiger partial charge in [-0.25, -0.2) is 4.79 Å². The zero-order chi connectivity index (χ0) is 23.7. The van der Waals surface area contributed by atoms with E-state index in [1.165, 1.54) is 18.9 Å². The minimum atomic E-state index is -0.639. The van der Waals surface area contributed by atoms with Gasteiger partial charge in [0.05, 0.1) is 36.8 Å². The van der Waals surface area contributed by atoms with Gasteiger partial charge in [0, 0.05) is 10.6 Å². The number of methoxy groups -OCH3 is 2. The predicted octanol–water partition coefficient (Wildman–Crippen LogP) is 4.54. The Morgan fingerprint density at radius 1 is 1.21 bits per heavy atom. The Labute approximate surface area is 201 Å². The Morgan fingerprint density at radius 3 is 2.64 bits per heavy atom. The number of carbonyl (C=O) groups excluding carboxylic acids is 2. The Balaban J connectivity index is 1.80. The van der Waals surface area contributed by atoms with Crippen molar-refractivity contribution in [1.29, 1.82) is 0 Å². The zero-order valence-corrected chi connectivity index (χ0v) is 20.7. The van der Waals surface area contributed by atoms with E-state index in [4.69, 9.17) is 14.2 Å². The first-order valence-corrected chi connectivity index (χ1v) is 12.2. The van der Waals surface area contributed by atoms with E-state index in [-0.39, 0.29) is 17.5 Å². The molecule has 2 aliphatic rings. The van der Waals surface area contributed by atoms with Crippen LogP contribution in [0.4, 0.5) is 0 Å². The summed E-state index contributed by atoms with van der Waals surface area (Å²) < 4.78 is 16.5. The molecule has 1 aromatic heterocycles. The van der Waals surface area contributed by atoms with Crippen molar-refractivity contribution in [3.8, 4) is 11.5 Å². The number of nitrogens with zero attached hydrogens (tertiary/aromatic N) is 1. The molecule has 2 aromatic rings. The Hall–Kier alpha value is -2.91. The fourth-order valence-corrected chi connectivity index (χ4v) is 5.87. The summed E-state index contributed by atoms with van der Waals surface area (Å²) in [5.41, 5.74) is 1.45. The number of nitrogens with one attached hydrogen (secondary N) is 1. The smallest absolute Gasteiger partial charge is 0.337 e. The third-order valence-electron chi connectivity index (χ3n) is 5.32. The van der Waals surface area contributed by atoms with E-state index in [0.29, 0.717) is 27.7 Å². The first kappa shape index (κ1) is 23.3. The van der Waals surface area contributed by atoms with Gasteiger partial charge in [-0.2, -0.15) is 0 Å². The number of benzene rings is 1. The summed E-state index contributed by atoms with van der Waals surface area (Å²) in [5.74, 6) is 0.499. The molecule has 0 radical (unpaired) electrons. The van der Waals surface area contributed by atoms with Crippen molar-refractivity contribution in [1.82, 2.24) is 10.2 Å². The third-order valence-corrected chi connectivity index (χ3v) is 7.25. The van der Waals surface area contributed by atoms with E-state index < -0.39 is 12.0 Å². The maximum Gasteiger partial charge on any atom is 0.337 e. The number of thiophene rings is 1. The van der Waals surface area contributed by atoms with Crippen LogP contribution in [-0.4, -0.2) is 42.6 Å². The topological polar surface area (TPSA) is 77.1 Å². The molecular formula is C24H26N2O5S2. The molecule has 2 atom stereocenters. The van der Waals surface area contributed by atoms with Crippen molar-refractivity contribution in [2.45, 2.75) is 38.4 Å². The summed E-state index contributed by atoms with van der Waals surface area (Å²) in [6, 6.07) is 8.77. The molecule has 1 fully saturated rings. The van der Waals surface area contributed by atoms with Crippen LogP contribution >= 0.6 is 23.1 Å². The predicted molar refractivity (Wildman–Crippen MR) is 130 cm³/mol. The summed E-state index contributed by atoms with van der Waals surface area (Å²) >= 11 is 3.00. The minimum Gasteiger partial charge on any atom is -0.493 e. The molecule has 4 rings (SSSR count). The number of thioether (sulfide) groups is 1. The molecule has 1 saturated heterocycles. The van der Waals surface area contributed by atoms with Gasteiger partial charge in [-0.15, -0.1) is 11.3 Å². The second kappa shape index (κ2) is 9.52. The molecule has 3 heterocycles. The molecule has 2 aliphatic heterocycles. The lowest BCUT2D eigenvalue weighted by molar-refractivity contribution is -0.138. The molecule has 0 unspecified atom stereocenters. The van der Waals surface area contributed by atoms with Crippen molar-refractivity contribution < 1.29 is 23.8 Å². The first-order chi connectivity index (χ1) is 15.8. The van der Waals surface area contributed by atoms with Crippen LogP contribution < -0.4 is 14.8 Å². The van der Waals surface area contributed by atoms with Crippen molar-refractivity contribution in [2.24, 2.45) is 0 Å². The van der Waals surface area contributed by atoms with Crippen LogP contribution in [0.3, 0.4) is 0 Å². The summed E-state index contributed by atoms with van der Waals surface area (Å²) in [4.78, 5) is 29.7. The Kier molecular flexibility index (Phi) is 6.71. The first-order valence-electron chi connectivity index (χ1n) is 10.5. The quantitative estimate of drug-likeness (QED) is 0.475. The van der Waals surface area contributed by atoms with E-state index in [1.54, 1.807) is 23.3 Å². The van der Waals surface area contributed by atoms with E-state index in [2.05, 4.69) is 5.32 Å². The van der Waals surface area contributed by atoms with Gasteiger partial charge in [0.25, 0.3) is 5.91 Å². The van der Waals surface area contributed by atoms with Gasteiger partial charge in [0.1, 0.15) is 0 Å². The van der Waals surface area contributed by atoms with Crippen molar-refractivity contribution in [2.75, 3.05) is 14.2 Å². The molecule has 1 amide bonds. The van der Waals surface area contributed by atoms with E-state index in [9.17, 15) is 9.59 Å². The number of esters is 1. The zero-order valence-electron chi connectivity index (χ0n) is 19.1. The third kappa shape index (κ3) is 4.47. The monoisotopic (exact) mass is 486 g/mol. The molecule has 1 aromatic carbocycles. The van der Waals surface area contributed by atoms with Crippen molar-refractivity contribution in [3.63, 3.8) is 0 Å². The van der Waals surface area contributed by atoms with Gasteiger partial charge < -0.3 is 19.5 Å². The van der Waals surface area contributed by atoms with Crippen LogP contribution in [-0.2, 0) is 14.3 Å². The molecule has 1 N–H and O–H groups in total. The Morgan fingerprint density at radius 2 is 2.00 bits per heavy atom. The number of amides is 1. The normalized spacial score (nSPS) is 21.3. The van der Waals surface area contributed by atoms with Crippen LogP contribution in [0, 0.1) is 0 Å². The standard InChI is InChI=1S/C24H26N2O5S2/c1-13(2)31-17-9-8-15(11-18(17)29-4)21-20(23(28)30-5)14(3)25-24-26(21)22(27)19(33-24)12-16-7-6-10-32-16/h6-13,21,24-25H,1-5H3/b19-12+/t21-,24-/m0/s1. The highest BCUT2D eigenvalue weighted by atomic mass is 32.2. The average Bonchev–Trinajstić information content (AvgIpc) is 3.40. The number of hydrogen-bond donors (Lipinski definition) is 1. The molecule has 174 valence electrons. The summed E-state index contributed by atoms with van der Waals surface area (Å²) in [6.45, 7) is 5.71. The maximum absolute atomic E-state index is 13.6. The van der Waals surface area contributed by atoms with Crippen LogP contribution in [0.15, 0.2) is 51.9 Å². The van der Waals surface area contributed by atoms with Gasteiger partial charge in [-0.05, 0) is 56.0 Å². The molecule has 0 saturated carbocycles. The summed E-state index contributed by atoms with van der Waals surface area (Å²) in [6.07, 6.45) is 1.87. The van der Waals surface area contributed by atoms with Gasteiger partial charge in [0.2, 0.25) is 0 Å². The lowest BCUT2D eigenvalue weighted by atomic mass is 9.93. The molecule has 7 nitrogen and oxygen atoms in total. The number of fused-ring (bicyclic) bond motifs is 1. The van der Waals surface area contributed by atoms with E-state index in [1.807, 2.05) is 62.6 Å². The maximum atomic E-state index is 13.6. The lowest BCUT2D eigenvalue weighted by Gasteiger charge is -2.39. The number of carbonyl (C=O) groups is 2. The molecule has 0 bridgehead atoms. The highest BCUT2D eigenvalue weighted by Crippen LogP contribution is 2.47. The fraction of sp³-hybridized carbons (Fsp3) is 0.333. The number of hydrogen-bond acceptors (Lipinski definition) is 8. The van der Waals surface area contributed by atoms with Crippen molar-refractivity contribution >= 4 is 41.1 Å². The highest BCUT2D eigenvalue weighted by Gasteiger charge is 2.48. The molecule has 33 heavy (non-hydrogen) atoms.